The molecule has 1 aromatic heterocycles. The number of hydrogen-bond acceptors (Lipinski definition) is 5. The second-order valence-electron chi connectivity index (χ2n) is 6.10. The van der Waals surface area contributed by atoms with Crippen LogP contribution in [0.3, 0.4) is 0 Å². The Morgan fingerprint density at radius 3 is 2.88 bits per heavy atom. The molecule has 1 aliphatic rings. The van der Waals surface area contributed by atoms with Gasteiger partial charge >= 0.3 is 5.69 Å². The Balaban J connectivity index is 1.67. The van der Waals surface area contributed by atoms with Crippen LogP contribution in [0.15, 0.2) is 40.1 Å². The maximum Gasteiger partial charge on any atom is 0.330 e. The lowest BCUT2D eigenvalue weighted by Gasteiger charge is -2.17. The minimum atomic E-state index is -0.931. The number of halogens is 1. The Kier molecular flexibility index (Phi) is 5.01. The van der Waals surface area contributed by atoms with Gasteiger partial charge in [-0.2, -0.15) is 0 Å². The summed E-state index contributed by atoms with van der Waals surface area (Å²) in [6.45, 7) is 1.49. The van der Waals surface area contributed by atoms with E-state index in [2.05, 4.69) is 10.3 Å². The molecule has 1 aromatic carbocycles. The van der Waals surface area contributed by atoms with Crippen molar-refractivity contribution < 1.29 is 19.0 Å². The normalized spacial score (nSPS) is 22.3. The molecule has 3 N–H and O–H groups in total. The second-order valence-corrected chi connectivity index (χ2v) is 6.10. The summed E-state index contributed by atoms with van der Waals surface area (Å²) < 4.78 is 20.4. The van der Waals surface area contributed by atoms with E-state index < -0.39 is 41.4 Å². The molecule has 138 valence electrons. The van der Waals surface area contributed by atoms with Gasteiger partial charge in [-0.05, 0) is 19.1 Å². The largest absolute Gasteiger partial charge is 0.390 e. The average Bonchev–Trinajstić information content (AvgIpc) is 2.97. The predicted octanol–water partition coefficient (Wildman–Crippen LogP) is 0.0625. The van der Waals surface area contributed by atoms with E-state index in [9.17, 15) is 23.9 Å². The fourth-order valence-electron chi connectivity index (χ4n) is 2.80. The molecule has 2 heterocycles. The lowest BCUT2D eigenvalue weighted by Crippen LogP contribution is -2.37. The monoisotopic (exact) mass is 363 g/mol. The Hall–Kier alpha value is -2.78. The zero-order valence-corrected chi connectivity index (χ0v) is 13.9. The standard InChI is InChI=1S/C17H18FN3O5/c1-9-8-21(17(25)20-15(9)23)14-6-12(22)13(26-14)7-19-16(24)10-4-2-3-5-11(10)18/h2-5,8,12-14,22H,6-7H2,1H3,(H,19,24)(H,20,23,25)/t12?,13-,14-/m1/s1. The van der Waals surface area contributed by atoms with Crippen molar-refractivity contribution in [3.63, 3.8) is 0 Å². The fraction of sp³-hybridized carbons (Fsp3) is 0.353. The Labute approximate surface area is 147 Å². The van der Waals surface area contributed by atoms with Gasteiger partial charge < -0.3 is 15.2 Å². The molecular formula is C17H18FN3O5. The first-order valence-corrected chi connectivity index (χ1v) is 8.05. The van der Waals surface area contributed by atoms with Crippen molar-refractivity contribution in [1.29, 1.82) is 0 Å². The number of aromatic amines is 1. The summed E-state index contributed by atoms with van der Waals surface area (Å²) >= 11 is 0. The number of aromatic nitrogens is 2. The molecule has 1 saturated heterocycles. The predicted molar refractivity (Wildman–Crippen MR) is 89.3 cm³/mol. The molecule has 1 aliphatic heterocycles. The van der Waals surface area contributed by atoms with E-state index >= 15 is 0 Å². The Morgan fingerprint density at radius 1 is 1.42 bits per heavy atom. The summed E-state index contributed by atoms with van der Waals surface area (Å²) in [7, 11) is 0. The SMILES string of the molecule is Cc1cn([C@H]2CC(O)[C@@H](CNC(=O)c3ccccc3F)O2)c(=O)[nH]c1=O. The lowest BCUT2D eigenvalue weighted by atomic mass is 10.1. The summed E-state index contributed by atoms with van der Waals surface area (Å²) in [5.74, 6) is -1.27. The zero-order valence-electron chi connectivity index (χ0n) is 13.9. The topological polar surface area (TPSA) is 113 Å². The van der Waals surface area contributed by atoms with Gasteiger partial charge in [0, 0.05) is 24.7 Å². The molecule has 0 bridgehead atoms. The van der Waals surface area contributed by atoms with Crippen molar-refractivity contribution in [1.82, 2.24) is 14.9 Å². The highest BCUT2D eigenvalue weighted by Crippen LogP contribution is 2.27. The minimum absolute atomic E-state index is 0.0537. The number of aliphatic hydroxyl groups is 1. The molecular weight excluding hydrogens is 345 g/mol. The van der Waals surface area contributed by atoms with Gasteiger partial charge in [0.05, 0.1) is 11.7 Å². The molecule has 0 spiro atoms. The molecule has 8 nitrogen and oxygen atoms in total. The van der Waals surface area contributed by atoms with Crippen molar-refractivity contribution in [2.24, 2.45) is 0 Å². The fourth-order valence-corrected chi connectivity index (χ4v) is 2.80. The number of hydrogen-bond donors (Lipinski definition) is 3. The molecule has 3 atom stereocenters. The minimum Gasteiger partial charge on any atom is -0.390 e. The van der Waals surface area contributed by atoms with Gasteiger partial charge in [-0.3, -0.25) is 19.1 Å². The third-order valence-electron chi connectivity index (χ3n) is 4.24. The first kappa shape index (κ1) is 18.0. The van der Waals surface area contributed by atoms with E-state index in [0.29, 0.717) is 5.56 Å². The van der Waals surface area contributed by atoms with Crippen LogP contribution in [-0.2, 0) is 4.74 Å². The van der Waals surface area contributed by atoms with Crippen LogP contribution >= 0.6 is 0 Å². The highest BCUT2D eigenvalue weighted by atomic mass is 19.1. The molecule has 0 saturated carbocycles. The summed E-state index contributed by atoms with van der Waals surface area (Å²) in [5, 5.41) is 12.6. The van der Waals surface area contributed by atoms with Gasteiger partial charge in [-0.25, -0.2) is 9.18 Å². The van der Waals surface area contributed by atoms with Crippen LogP contribution in [0.2, 0.25) is 0 Å². The van der Waals surface area contributed by atoms with Crippen LogP contribution < -0.4 is 16.6 Å². The molecule has 1 unspecified atom stereocenters. The average molecular weight is 363 g/mol. The van der Waals surface area contributed by atoms with E-state index in [0.717, 1.165) is 0 Å². The van der Waals surface area contributed by atoms with Crippen LogP contribution in [0.5, 0.6) is 0 Å². The van der Waals surface area contributed by atoms with E-state index in [1.165, 1.54) is 29.0 Å². The molecule has 1 amide bonds. The maximum absolute atomic E-state index is 13.6. The summed E-state index contributed by atoms with van der Waals surface area (Å²) in [4.78, 5) is 37.6. The summed E-state index contributed by atoms with van der Waals surface area (Å²) in [6.07, 6.45) is -0.997. The van der Waals surface area contributed by atoms with Crippen molar-refractivity contribution in [2.45, 2.75) is 31.8 Å². The van der Waals surface area contributed by atoms with Gasteiger partial charge in [-0.1, -0.05) is 12.1 Å². The van der Waals surface area contributed by atoms with Crippen LogP contribution in [-0.4, -0.2) is 39.3 Å². The van der Waals surface area contributed by atoms with Crippen molar-refractivity contribution in [2.75, 3.05) is 6.54 Å². The van der Waals surface area contributed by atoms with Gasteiger partial charge in [0.25, 0.3) is 11.5 Å². The molecule has 9 heteroatoms. The van der Waals surface area contributed by atoms with Gasteiger partial charge in [0.15, 0.2) is 0 Å². The third-order valence-corrected chi connectivity index (χ3v) is 4.24. The molecule has 0 aliphatic carbocycles. The van der Waals surface area contributed by atoms with Crippen LogP contribution in [0, 0.1) is 12.7 Å². The molecule has 1 fully saturated rings. The van der Waals surface area contributed by atoms with Gasteiger partial charge in [0.2, 0.25) is 0 Å². The number of benzene rings is 1. The second kappa shape index (κ2) is 7.22. The first-order chi connectivity index (χ1) is 12.4. The Morgan fingerprint density at radius 2 is 2.15 bits per heavy atom. The molecule has 2 aromatic rings. The first-order valence-electron chi connectivity index (χ1n) is 8.05. The van der Waals surface area contributed by atoms with Crippen molar-refractivity contribution in [3.8, 4) is 0 Å². The van der Waals surface area contributed by atoms with Gasteiger partial charge in [-0.15, -0.1) is 0 Å². The maximum atomic E-state index is 13.6. The number of amides is 1. The van der Waals surface area contributed by atoms with E-state index in [4.69, 9.17) is 4.74 Å². The van der Waals surface area contributed by atoms with Gasteiger partial charge in [0.1, 0.15) is 18.1 Å². The number of aliphatic hydroxyl groups excluding tert-OH is 1. The van der Waals surface area contributed by atoms with Crippen molar-refractivity contribution >= 4 is 5.91 Å². The quantitative estimate of drug-likeness (QED) is 0.711. The number of H-pyrrole nitrogens is 1. The van der Waals surface area contributed by atoms with Crippen molar-refractivity contribution in [3.05, 3.63) is 68.2 Å². The summed E-state index contributed by atoms with van der Waals surface area (Å²) in [6, 6.07) is 5.54. The smallest absolute Gasteiger partial charge is 0.330 e. The number of nitrogens with zero attached hydrogens (tertiary/aromatic N) is 1. The zero-order chi connectivity index (χ0) is 18.8. The summed E-state index contributed by atoms with van der Waals surface area (Å²) in [5.41, 5.74) is -0.907. The third kappa shape index (κ3) is 3.58. The lowest BCUT2D eigenvalue weighted by molar-refractivity contribution is -0.0187. The molecule has 26 heavy (non-hydrogen) atoms. The van der Waals surface area contributed by atoms with E-state index in [1.807, 2.05) is 0 Å². The van der Waals surface area contributed by atoms with Crippen LogP contribution in [0.4, 0.5) is 4.39 Å². The van der Waals surface area contributed by atoms with E-state index in [1.54, 1.807) is 13.0 Å². The molecule has 3 rings (SSSR count). The number of carbonyl (C=O) groups excluding carboxylic acids is 1. The highest BCUT2D eigenvalue weighted by Gasteiger charge is 2.35. The molecule has 0 radical (unpaired) electrons. The van der Waals surface area contributed by atoms with E-state index in [-0.39, 0.29) is 18.5 Å². The Bertz CT molecular complexity index is 938. The number of rotatable bonds is 4. The number of nitrogens with one attached hydrogen (secondary N) is 2. The number of ether oxygens (including phenoxy) is 1. The number of carbonyl (C=O) groups is 1. The van der Waals surface area contributed by atoms with Crippen LogP contribution in [0.25, 0.3) is 0 Å². The highest BCUT2D eigenvalue weighted by molar-refractivity contribution is 5.94. The van der Waals surface area contributed by atoms with Crippen LogP contribution in [0.1, 0.15) is 28.6 Å². The number of aryl methyl sites for hydroxylation is 1.